The standard InChI is InChI=1S/C33H34FN7/c1-3-30-28(11-21(2)24-15-26(35)18-36-17-24)33(40-39-30)31-16-27-29(19-37-20-32(27)38-31)23-12-22(13-25(34)14-23)7-6-10-41-8-4-5-9-41/h3,11-20,38-39H,2,4-10,35H2,1H3/b28-11+,30-3+. The number of aromatic amines is 2. The quantitative estimate of drug-likeness (QED) is 0.252. The molecule has 7 nitrogen and oxygen atoms in total. The third-order valence-corrected chi connectivity index (χ3v) is 7.78. The molecule has 41 heavy (non-hydrogen) atoms. The van der Waals surface area contributed by atoms with Crippen molar-refractivity contribution >= 4 is 34.3 Å². The monoisotopic (exact) mass is 547 g/mol. The van der Waals surface area contributed by atoms with E-state index >= 15 is 0 Å². The van der Waals surface area contributed by atoms with Crippen LogP contribution in [0.25, 0.3) is 51.1 Å². The van der Waals surface area contributed by atoms with E-state index in [1.165, 1.54) is 25.9 Å². The number of fused-ring (bicyclic) bond motifs is 1. The van der Waals surface area contributed by atoms with Crippen LogP contribution in [0.15, 0.2) is 61.7 Å². The first-order valence-electron chi connectivity index (χ1n) is 14.1. The van der Waals surface area contributed by atoms with Crippen molar-refractivity contribution in [3.63, 3.8) is 0 Å². The van der Waals surface area contributed by atoms with Crippen LogP contribution in [-0.4, -0.2) is 49.7 Å². The van der Waals surface area contributed by atoms with Crippen LogP contribution in [-0.2, 0) is 6.42 Å². The molecular formula is C33H34FN7. The van der Waals surface area contributed by atoms with Crippen molar-refractivity contribution in [3.8, 4) is 22.5 Å². The number of nitrogens with one attached hydrogen (secondary N) is 2. The van der Waals surface area contributed by atoms with Crippen molar-refractivity contribution in [2.45, 2.75) is 32.6 Å². The molecule has 5 heterocycles. The van der Waals surface area contributed by atoms with E-state index in [4.69, 9.17) is 5.73 Å². The number of aromatic nitrogens is 5. The SMILES string of the molecule is C=C(/C=c1/c(-c2cc3c(-c4cc(F)cc(CCCN5CCCC5)c4)cncc3[nH]2)n[nH]/c1=C/C)c1cncc(N)c1. The molecule has 208 valence electrons. The highest BCUT2D eigenvalue weighted by molar-refractivity contribution is 5.97. The van der Waals surface area contributed by atoms with Gasteiger partial charge in [-0.25, -0.2) is 4.39 Å². The normalized spacial score (nSPS) is 14.9. The minimum atomic E-state index is -0.228. The Bertz CT molecular complexity index is 1840. The molecule has 1 fully saturated rings. The number of halogens is 1. The van der Waals surface area contributed by atoms with Gasteiger partial charge >= 0.3 is 0 Å². The Balaban J connectivity index is 1.36. The van der Waals surface area contributed by atoms with Crippen LogP contribution in [0.3, 0.4) is 0 Å². The summed E-state index contributed by atoms with van der Waals surface area (Å²) in [4.78, 5) is 14.6. The zero-order valence-electron chi connectivity index (χ0n) is 23.3. The summed E-state index contributed by atoms with van der Waals surface area (Å²) in [6.45, 7) is 9.62. The first-order chi connectivity index (χ1) is 20.0. The van der Waals surface area contributed by atoms with Gasteiger partial charge < -0.3 is 15.6 Å². The fourth-order valence-electron chi connectivity index (χ4n) is 5.70. The van der Waals surface area contributed by atoms with E-state index in [2.05, 4.69) is 48.8 Å². The zero-order chi connectivity index (χ0) is 28.3. The largest absolute Gasteiger partial charge is 0.397 e. The number of nitrogens with two attached hydrogens (primary N) is 1. The van der Waals surface area contributed by atoms with Gasteiger partial charge in [-0.2, -0.15) is 5.10 Å². The van der Waals surface area contributed by atoms with Gasteiger partial charge in [0.05, 0.1) is 28.4 Å². The van der Waals surface area contributed by atoms with Crippen molar-refractivity contribution in [3.05, 3.63) is 89.2 Å². The predicted octanol–water partition coefficient (Wildman–Crippen LogP) is 5.06. The van der Waals surface area contributed by atoms with Crippen molar-refractivity contribution in [2.24, 2.45) is 0 Å². The molecule has 8 heteroatoms. The molecule has 5 aromatic rings. The highest BCUT2D eigenvalue weighted by Gasteiger charge is 2.15. The van der Waals surface area contributed by atoms with Crippen molar-refractivity contribution < 1.29 is 4.39 Å². The number of hydrogen-bond acceptors (Lipinski definition) is 5. The fourth-order valence-corrected chi connectivity index (χ4v) is 5.70. The van der Waals surface area contributed by atoms with Crippen LogP contribution < -0.4 is 16.3 Å². The Labute approximate surface area is 238 Å². The van der Waals surface area contributed by atoms with E-state index in [1.54, 1.807) is 36.9 Å². The highest BCUT2D eigenvalue weighted by Crippen LogP contribution is 2.32. The number of pyridine rings is 2. The van der Waals surface area contributed by atoms with E-state index in [0.29, 0.717) is 5.69 Å². The summed E-state index contributed by atoms with van der Waals surface area (Å²) in [6, 6.07) is 9.25. The molecule has 0 radical (unpaired) electrons. The molecule has 6 rings (SSSR count). The lowest BCUT2D eigenvalue weighted by molar-refractivity contribution is 0.334. The maximum atomic E-state index is 14.8. The summed E-state index contributed by atoms with van der Waals surface area (Å²) in [5.74, 6) is -0.228. The number of hydrogen-bond donors (Lipinski definition) is 3. The van der Waals surface area contributed by atoms with E-state index < -0.39 is 0 Å². The molecule has 0 atom stereocenters. The molecule has 0 unspecified atom stereocenters. The smallest absolute Gasteiger partial charge is 0.124 e. The molecule has 1 saturated heterocycles. The number of anilines is 1. The maximum Gasteiger partial charge on any atom is 0.124 e. The van der Waals surface area contributed by atoms with Crippen LogP contribution in [0.4, 0.5) is 10.1 Å². The van der Waals surface area contributed by atoms with Gasteiger partial charge in [0.15, 0.2) is 0 Å². The number of rotatable bonds is 8. The van der Waals surface area contributed by atoms with Crippen LogP contribution in [0.5, 0.6) is 0 Å². The lowest BCUT2D eigenvalue weighted by atomic mass is 9.99. The number of nitrogens with zero attached hydrogens (tertiary/aromatic N) is 4. The van der Waals surface area contributed by atoms with Gasteiger partial charge in [-0.1, -0.05) is 18.7 Å². The first-order valence-corrected chi connectivity index (χ1v) is 14.1. The summed E-state index contributed by atoms with van der Waals surface area (Å²) >= 11 is 0. The van der Waals surface area contributed by atoms with Crippen LogP contribution in [0.2, 0.25) is 0 Å². The lowest BCUT2D eigenvalue weighted by Gasteiger charge is -2.14. The summed E-state index contributed by atoms with van der Waals surface area (Å²) in [7, 11) is 0. The average Bonchev–Trinajstić information content (AvgIpc) is 3.72. The Morgan fingerprint density at radius 1 is 1.07 bits per heavy atom. The second kappa shape index (κ2) is 11.5. The molecule has 0 saturated carbocycles. The maximum absolute atomic E-state index is 14.8. The number of H-pyrrole nitrogens is 2. The zero-order valence-corrected chi connectivity index (χ0v) is 23.3. The first kappa shape index (κ1) is 26.7. The number of likely N-dealkylation sites (tertiary alicyclic amines) is 1. The molecule has 0 spiro atoms. The second-order valence-corrected chi connectivity index (χ2v) is 10.7. The number of nitrogen functional groups attached to an aromatic ring is 1. The molecule has 4 N–H and O–H groups in total. The Morgan fingerprint density at radius 3 is 2.71 bits per heavy atom. The molecule has 4 aromatic heterocycles. The molecule has 1 aromatic carbocycles. The summed E-state index contributed by atoms with van der Waals surface area (Å²) in [5.41, 5.74) is 13.3. The summed E-state index contributed by atoms with van der Waals surface area (Å²) < 4.78 is 14.8. The third kappa shape index (κ3) is 5.69. The van der Waals surface area contributed by atoms with Gasteiger partial charge in [0, 0.05) is 40.3 Å². The number of aryl methyl sites for hydroxylation is 1. The van der Waals surface area contributed by atoms with Gasteiger partial charge in [0.1, 0.15) is 11.5 Å². The molecule has 0 amide bonds. The van der Waals surface area contributed by atoms with E-state index in [-0.39, 0.29) is 5.82 Å². The van der Waals surface area contributed by atoms with E-state index in [1.807, 2.05) is 25.1 Å². The van der Waals surface area contributed by atoms with Crippen LogP contribution >= 0.6 is 0 Å². The fraction of sp³-hybridized carbons (Fsp3) is 0.242. The molecule has 1 aliphatic heterocycles. The van der Waals surface area contributed by atoms with E-state index in [9.17, 15) is 4.39 Å². The highest BCUT2D eigenvalue weighted by atomic mass is 19.1. The number of allylic oxidation sites excluding steroid dienone is 1. The molecule has 1 aliphatic rings. The Morgan fingerprint density at radius 2 is 1.90 bits per heavy atom. The molecule has 0 aliphatic carbocycles. The minimum Gasteiger partial charge on any atom is -0.397 e. The van der Waals surface area contributed by atoms with Crippen LogP contribution in [0.1, 0.15) is 37.3 Å². The molecule has 0 bridgehead atoms. The van der Waals surface area contributed by atoms with Crippen LogP contribution in [0, 0.1) is 5.82 Å². The van der Waals surface area contributed by atoms with Gasteiger partial charge in [-0.15, -0.1) is 0 Å². The van der Waals surface area contributed by atoms with E-state index in [0.717, 1.165) is 80.1 Å². The van der Waals surface area contributed by atoms with Crippen molar-refractivity contribution in [1.82, 2.24) is 30.0 Å². The predicted molar refractivity (Wildman–Crippen MR) is 165 cm³/mol. The number of benzene rings is 1. The second-order valence-electron chi connectivity index (χ2n) is 10.7. The van der Waals surface area contributed by atoms with Crippen molar-refractivity contribution in [2.75, 3.05) is 25.4 Å². The minimum absolute atomic E-state index is 0.228. The van der Waals surface area contributed by atoms with Gasteiger partial charge in [0.2, 0.25) is 0 Å². The average molecular weight is 548 g/mol. The third-order valence-electron chi connectivity index (χ3n) is 7.78. The van der Waals surface area contributed by atoms with Gasteiger partial charge in [0.25, 0.3) is 0 Å². The Kier molecular flexibility index (Phi) is 7.48. The Hall–Kier alpha value is -4.56. The molecular weight excluding hydrogens is 513 g/mol. The summed E-state index contributed by atoms with van der Waals surface area (Å²) in [6.07, 6.45) is 15.3. The van der Waals surface area contributed by atoms with Gasteiger partial charge in [-0.3, -0.25) is 15.1 Å². The van der Waals surface area contributed by atoms with Crippen molar-refractivity contribution in [1.29, 1.82) is 0 Å². The summed E-state index contributed by atoms with van der Waals surface area (Å²) in [5, 5.41) is 10.5. The topological polar surface area (TPSA) is 99.5 Å². The van der Waals surface area contributed by atoms with Gasteiger partial charge in [-0.05, 0) is 99.3 Å². The lowest BCUT2D eigenvalue weighted by Crippen LogP contribution is -2.23.